The van der Waals surface area contributed by atoms with Gasteiger partial charge in [-0.1, -0.05) is 30.3 Å². The molecule has 5 nitrogen and oxygen atoms in total. The van der Waals surface area contributed by atoms with E-state index in [0.717, 1.165) is 5.56 Å². The third-order valence-electron chi connectivity index (χ3n) is 2.51. The summed E-state index contributed by atoms with van der Waals surface area (Å²) in [5, 5.41) is 11.0. The number of allylic oxidation sites excluding steroid dienone is 1. The highest BCUT2D eigenvalue weighted by Gasteiger charge is 2.15. The predicted octanol–water partition coefficient (Wildman–Crippen LogP) is 2.95. The third-order valence-corrected chi connectivity index (χ3v) is 3.23. The van der Waals surface area contributed by atoms with Crippen molar-refractivity contribution < 1.29 is 4.92 Å². The van der Waals surface area contributed by atoms with Crippen molar-refractivity contribution in [1.29, 1.82) is 0 Å². The lowest BCUT2D eigenvalue weighted by atomic mass is 10.2. The van der Waals surface area contributed by atoms with Gasteiger partial charge < -0.3 is 4.90 Å². The topological polar surface area (TPSA) is 59.3 Å². The molecule has 0 saturated heterocycles. The van der Waals surface area contributed by atoms with Crippen LogP contribution in [0.3, 0.4) is 0 Å². The Morgan fingerprint density at radius 3 is 2.72 bits per heavy atom. The fourth-order valence-corrected chi connectivity index (χ4v) is 1.71. The lowest BCUT2D eigenvalue weighted by Gasteiger charge is -2.22. The average molecular weight is 288 g/mol. The van der Waals surface area contributed by atoms with Gasteiger partial charge in [0, 0.05) is 19.3 Å². The first-order valence-corrected chi connectivity index (χ1v) is 6.17. The highest BCUT2D eigenvalue weighted by molar-refractivity contribution is 7.84. The molecule has 0 aliphatic rings. The summed E-state index contributed by atoms with van der Waals surface area (Å²) < 4.78 is 0. The van der Waals surface area contributed by atoms with Crippen molar-refractivity contribution in [1.82, 2.24) is 9.88 Å². The molecule has 0 unspecified atom stereocenters. The summed E-state index contributed by atoms with van der Waals surface area (Å²) >= 11 is 9.60. The Labute approximate surface area is 116 Å². The number of thiol groups is 1. The summed E-state index contributed by atoms with van der Waals surface area (Å²) in [6.07, 6.45) is 1.66. The summed E-state index contributed by atoms with van der Waals surface area (Å²) in [5.74, 6) is 0. The monoisotopic (exact) mass is 287 g/mol. The Morgan fingerprint density at radius 1 is 1.61 bits per heavy atom. The predicted molar refractivity (Wildman–Crippen MR) is 74.0 cm³/mol. The minimum absolute atomic E-state index is 0.140. The van der Waals surface area contributed by atoms with E-state index >= 15 is 0 Å². The highest BCUT2D eigenvalue weighted by Crippen LogP contribution is 2.17. The zero-order valence-electron chi connectivity index (χ0n) is 10.1. The van der Waals surface area contributed by atoms with Crippen LogP contribution in [0.1, 0.15) is 19.4 Å². The average Bonchev–Trinajstić information content (AvgIpc) is 2.36. The second kappa shape index (κ2) is 6.61. The zero-order chi connectivity index (χ0) is 13.7. The van der Waals surface area contributed by atoms with E-state index in [4.69, 9.17) is 11.6 Å². The summed E-state index contributed by atoms with van der Waals surface area (Å²) in [6, 6.07) is 3.54. The third kappa shape index (κ3) is 3.89. The molecule has 0 amide bonds. The van der Waals surface area contributed by atoms with Crippen molar-refractivity contribution in [2.75, 3.05) is 6.54 Å². The Hall–Kier alpha value is -1.27. The van der Waals surface area contributed by atoms with Crippen LogP contribution in [0.5, 0.6) is 0 Å². The fourth-order valence-electron chi connectivity index (χ4n) is 1.46. The molecule has 0 fully saturated rings. The van der Waals surface area contributed by atoms with Gasteiger partial charge in [0.1, 0.15) is 5.15 Å². The van der Waals surface area contributed by atoms with Crippen molar-refractivity contribution >= 4 is 24.2 Å². The Bertz CT molecular complexity index is 462. The van der Waals surface area contributed by atoms with Crippen LogP contribution in [0.2, 0.25) is 5.15 Å². The van der Waals surface area contributed by atoms with Crippen LogP contribution in [0.15, 0.2) is 29.1 Å². The van der Waals surface area contributed by atoms with Crippen molar-refractivity contribution in [3.63, 3.8) is 0 Å². The highest BCUT2D eigenvalue weighted by atomic mass is 35.5. The van der Waals surface area contributed by atoms with Crippen LogP contribution in [0, 0.1) is 10.1 Å². The smallest absolute Gasteiger partial charge is 0.318 e. The van der Waals surface area contributed by atoms with E-state index in [1.165, 1.54) is 0 Å². The molecule has 7 heteroatoms. The molecule has 0 spiro atoms. The summed E-state index contributed by atoms with van der Waals surface area (Å²) in [6.45, 7) is 4.78. The molecule has 98 valence electrons. The molecule has 1 rings (SSSR count). The minimum Gasteiger partial charge on any atom is -0.365 e. The number of hydrogen-bond donors (Lipinski definition) is 1. The van der Waals surface area contributed by atoms with Gasteiger partial charge in [-0.15, -0.1) is 0 Å². The van der Waals surface area contributed by atoms with Crippen LogP contribution < -0.4 is 0 Å². The molecule has 0 aliphatic heterocycles. The van der Waals surface area contributed by atoms with Crippen LogP contribution in [-0.2, 0) is 6.54 Å². The number of aromatic nitrogens is 1. The van der Waals surface area contributed by atoms with E-state index in [9.17, 15) is 10.1 Å². The molecular weight excluding hydrogens is 274 g/mol. The molecule has 0 saturated carbocycles. The summed E-state index contributed by atoms with van der Waals surface area (Å²) in [7, 11) is 0. The number of nitrogens with zero attached hydrogens (tertiary/aromatic N) is 3. The molecule has 18 heavy (non-hydrogen) atoms. The number of nitro groups is 1. The second-order valence-corrected chi connectivity index (χ2v) is 4.48. The van der Waals surface area contributed by atoms with Crippen LogP contribution in [-0.4, -0.2) is 21.4 Å². The van der Waals surface area contributed by atoms with E-state index in [2.05, 4.69) is 17.6 Å². The maximum absolute atomic E-state index is 10.7. The fraction of sp³-hybridized carbons (Fsp3) is 0.364. The van der Waals surface area contributed by atoms with Gasteiger partial charge in [0.2, 0.25) is 0 Å². The molecule has 0 radical (unpaired) electrons. The van der Waals surface area contributed by atoms with Gasteiger partial charge in [0.15, 0.2) is 0 Å². The second-order valence-electron chi connectivity index (χ2n) is 3.67. The minimum atomic E-state index is -0.499. The molecule has 1 aromatic heterocycles. The zero-order valence-corrected chi connectivity index (χ0v) is 11.8. The summed E-state index contributed by atoms with van der Waals surface area (Å²) in [5.41, 5.74) is 1.46. The van der Waals surface area contributed by atoms with Crippen LogP contribution in [0.25, 0.3) is 0 Å². The largest absolute Gasteiger partial charge is 0.365 e. The standard InChI is InChI=1S/C11H14ClN3O2S/c1-3-14(8(2)11(18)15(16)17)7-9-4-5-10(12)13-6-9/h4-6,18H,3,7H2,1-2H3. The van der Waals surface area contributed by atoms with Gasteiger partial charge in [0.05, 0.1) is 10.6 Å². The Kier molecular flexibility index (Phi) is 5.43. The Morgan fingerprint density at radius 2 is 2.28 bits per heavy atom. The van der Waals surface area contributed by atoms with Crippen LogP contribution >= 0.6 is 24.2 Å². The molecule has 0 aliphatic carbocycles. The quantitative estimate of drug-likeness (QED) is 0.391. The van der Waals surface area contributed by atoms with E-state index in [1.807, 2.05) is 17.9 Å². The number of halogens is 1. The molecule has 0 bridgehead atoms. The molecular formula is C11H14ClN3O2S. The maximum atomic E-state index is 10.7. The lowest BCUT2D eigenvalue weighted by Crippen LogP contribution is -2.22. The lowest BCUT2D eigenvalue weighted by molar-refractivity contribution is -0.412. The molecule has 0 N–H and O–H groups in total. The first-order valence-electron chi connectivity index (χ1n) is 5.35. The van der Waals surface area contributed by atoms with Crippen LogP contribution in [0.4, 0.5) is 0 Å². The van der Waals surface area contributed by atoms with Crippen molar-refractivity contribution in [3.05, 3.63) is 49.9 Å². The van der Waals surface area contributed by atoms with Gasteiger partial charge in [-0.2, -0.15) is 0 Å². The molecule has 0 aromatic carbocycles. The number of pyridine rings is 1. The van der Waals surface area contributed by atoms with Gasteiger partial charge in [-0.3, -0.25) is 10.1 Å². The Balaban J connectivity index is 2.88. The first kappa shape index (κ1) is 14.8. The first-order chi connectivity index (χ1) is 8.45. The van der Waals surface area contributed by atoms with E-state index < -0.39 is 4.92 Å². The molecule has 1 heterocycles. The van der Waals surface area contributed by atoms with Crippen molar-refractivity contribution in [2.24, 2.45) is 0 Å². The van der Waals surface area contributed by atoms with E-state index in [1.54, 1.807) is 19.2 Å². The number of hydrogen-bond acceptors (Lipinski definition) is 5. The normalized spacial score (nSPS) is 12.0. The van der Waals surface area contributed by atoms with Gasteiger partial charge in [-0.05, 0) is 25.5 Å². The number of rotatable bonds is 5. The van der Waals surface area contributed by atoms with Gasteiger partial charge >= 0.3 is 5.03 Å². The van der Waals surface area contributed by atoms with Gasteiger partial charge in [-0.25, -0.2) is 4.98 Å². The van der Waals surface area contributed by atoms with E-state index in [0.29, 0.717) is 23.9 Å². The van der Waals surface area contributed by atoms with E-state index in [-0.39, 0.29) is 5.03 Å². The maximum Gasteiger partial charge on any atom is 0.318 e. The SMILES string of the molecule is CCN(Cc1ccc(Cl)nc1)C(C)=C(S)[N+](=O)[O-]. The summed E-state index contributed by atoms with van der Waals surface area (Å²) in [4.78, 5) is 16.0. The van der Waals surface area contributed by atoms with Crippen molar-refractivity contribution in [2.45, 2.75) is 20.4 Å². The van der Waals surface area contributed by atoms with Crippen molar-refractivity contribution in [3.8, 4) is 0 Å². The molecule has 1 aromatic rings. The molecule has 0 atom stereocenters. The van der Waals surface area contributed by atoms with Gasteiger partial charge in [0.25, 0.3) is 0 Å².